The number of nitrogens with zero attached hydrogens (tertiary/aromatic N) is 4. The van der Waals surface area contributed by atoms with E-state index in [9.17, 15) is 18.0 Å². The maximum Gasteiger partial charge on any atom is 0.425 e. The quantitative estimate of drug-likeness (QED) is 0.456. The number of anilines is 1. The highest BCUT2D eigenvalue weighted by Gasteiger charge is 2.36. The second-order valence-corrected chi connectivity index (χ2v) is 8.06. The fourth-order valence-electron chi connectivity index (χ4n) is 3.73. The van der Waals surface area contributed by atoms with Crippen LogP contribution >= 0.6 is 11.3 Å². The molecule has 1 atom stereocenters. The van der Waals surface area contributed by atoms with Crippen molar-refractivity contribution in [2.75, 3.05) is 11.4 Å². The van der Waals surface area contributed by atoms with Gasteiger partial charge in [0, 0.05) is 48.5 Å². The molecule has 1 amide bonds. The van der Waals surface area contributed by atoms with Crippen LogP contribution in [-0.2, 0) is 6.18 Å². The van der Waals surface area contributed by atoms with Gasteiger partial charge in [0.15, 0.2) is 0 Å². The van der Waals surface area contributed by atoms with Gasteiger partial charge in [0.25, 0.3) is 5.91 Å². The van der Waals surface area contributed by atoms with Crippen LogP contribution < -0.4 is 4.90 Å². The van der Waals surface area contributed by atoms with Crippen molar-refractivity contribution >= 4 is 27.9 Å². The highest BCUT2D eigenvalue weighted by molar-refractivity contribution is 7.16. The number of carbonyl (C=O) groups is 1. The number of aromatic nitrogens is 3. The van der Waals surface area contributed by atoms with Gasteiger partial charge < -0.3 is 8.97 Å². The van der Waals surface area contributed by atoms with E-state index in [0.717, 1.165) is 22.8 Å². The van der Waals surface area contributed by atoms with Crippen LogP contribution in [0.25, 0.3) is 16.8 Å². The zero-order chi connectivity index (χ0) is 20.3. The molecule has 1 aliphatic heterocycles. The summed E-state index contributed by atoms with van der Waals surface area (Å²) < 4.78 is 42.8. The number of rotatable bonds is 2. The highest BCUT2D eigenvalue weighted by atomic mass is 32.1. The smallest absolute Gasteiger partial charge is 0.338 e. The normalized spacial score (nSPS) is 17.2. The summed E-state index contributed by atoms with van der Waals surface area (Å²) in [5, 5.41) is 0.303. The summed E-state index contributed by atoms with van der Waals surface area (Å²) in [6, 6.07) is 7.96. The Morgan fingerprint density at radius 2 is 1.97 bits per heavy atom. The number of amides is 1. The number of carbonyl (C=O) groups excluding carboxylic acids is 1. The summed E-state index contributed by atoms with van der Waals surface area (Å²) in [4.78, 5) is 18.3. The van der Waals surface area contributed by atoms with Gasteiger partial charge in [-0.2, -0.15) is 13.2 Å². The molecule has 0 unspecified atom stereocenters. The second-order valence-electron chi connectivity index (χ2n) is 7.00. The van der Waals surface area contributed by atoms with Gasteiger partial charge in [0.1, 0.15) is 16.2 Å². The third-order valence-electron chi connectivity index (χ3n) is 5.12. The number of halogens is 3. The average molecular weight is 416 g/mol. The van der Waals surface area contributed by atoms with Crippen molar-refractivity contribution in [3.8, 4) is 11.1 Å². The molecule has 9 heteroatoms. The lowest BCUT2D eigenvalue weighted by molar-refractivity contribution is -0.134. The van der Waals surface area contributed by atoms with E-state index in [1.54, 1.807) is 6.20 Å². The number of alkyl halides is 3. The van der Waals surface area contributed by atoms with E-state index < -0.39 is 11.1 Å². The van der Waals surface area contributed by atoms with E-state index in [1.807, 2.05) is 52.7 Å². The zero-order valence-corrected chi connectivity index (χ0v) is 16.0. The fraction of sp³-hybridized carbons (Fsp3) is 0.200. The third kappa shape index (κ3) is 2.84. The molecule has 0 N–H and O–H groups in total. The SMILES string of the molecule is C[C@H]1CN(c2ccc(C(F)(F)F)s2)C(=O)c2c(-c3ccc4nccn4c3)ccn21. The van der Waals surface area contributed by atoms with Gasteiger partial charge in [-0.05, 0) is 37.3 Å². The van der Waals surface area contributed by atoms with Crippen LogP contribution in [0.15, 0.2) is 55.1 Å². The Kier molecular flexibility index (Phi) is 3.86. The minimum atomic E-state index is -4.42. The van der Waals surface area contributed by atoms with Crippen molar-refractivity contribution in [3.63, 3.8) is 0 Å². The molecule has 5 heterocycles. The third-order valence-corrected chi connectivity index (χ3v) is 6.27. The predicted octanol–water partition coefficient (Wildman–Crippen LogP) is 5.10. The topological polar surface area (TPSA) is 42.5 Å². The summed E-state index contributed by atoms with van der Waals surface area (Å²) in [5.41, 5.74) is 2.86. The minimum absolute atomic E-state index is 0.0649. The molecule has 0 aromatic carbocycles. The van der Waals surface area contributed by atoms with Crippen molar-refractivity contribution in [3.05, 3.63) is 65.7 Å². The largest absolute Gasteiger partial charge is 0.425 e. The number of hydrogen-bond acceptors (Lipinski definition) is 3. The molecule has 0 spiro atoms. The van der Waals surface area contributed by atoms with Crippen molar-refractivity contribution < 1.29 is 18.0 Å². The van der Waals surface area contributed by atoms with Crippen LogP contribution in [0.5, 0.6) is 0 Å². The Bertz CT molecular complexity index is 1240. The lowest BCUT2D eigenvalue weighted by atomic mass is 10.1. The van der Waals surface area contributed by atoms with Crippen LogP contribution in [0, 0.1) is 0 Å². The molecule has 5 rings (SSSR count). The van der Waals surface area contributed by atoms with E-state index in [-0.39, 0.29) is 11.9 Å². The maximum absolute atomic E-state index is 13.3. The van der Waals surface area contributed by atoms with Gasteiger partial charge in [0.2, 0.25) is 0 Å². The molecule has 4 aromatic heterocycles. The van der Waals surface area contributed by atoms with Crippen molar-refractivity contribution in [2.24, 2.45) is 0 Å². The van der Waals surface area contributed by atoms with E-state index in [0.29, 0.717) is 28.6 Å². The Hall–Kier alpha value is -3.07. The summed E-state index contributed by atoms with van der Waals surface area (Å²) in [6.45, 7) is 2.27. The van der Waals surface area contributed by atoms with Crippen LogP contribution in [0.2, 0.25) is 0 Å². The molecule has 0 aliphatic carbocycles. The van der Waals surface area contributed by atoms with Gasteiger partial charge in [-0.15, -0.1) is 11.3 Å². The average Bonchev–Trinajstić information content (AvgIpc) is 3.42. The molecule has 148 valence electrons. The van der Waals surface area contributed by atoms with Gasteiger partial charge in [-0.3, -0.25) is 9.69 Å². The Balaban J connectivity index is 1.58. The number of fused-ring (bicyclic) bond motifs is 2. The molecule has 0 radical (unpaired) electrons. The molecule has 0 saturated carbocycles. The molecule has 0 fully saturated rings. The lowest BCUT2D eigenvalue weighted by Crippen LogP contribution is -2.41. The van der Waals surface area contributed by atoms with E-state index in [4.69, 9.17) is 0 Å². The summed E-state index contributed by atoms with van der Waals surface area (Å²) in [6.07, 6.45) is 2.85. The van der Waals surface area contributed by atoms with Crippen LogP contribution in [0.3, 0.4) is 0 Å². The zero-order valence-electron chi connectivity index (χ0n) is 15.2. The Morgan fingerprint density at radius 1 is 1.14 bits per heavy atom. The predicted molar refractivity (Wildman–Crippen MR) is 104 cm³/mol. The number of pyridine rings is 1. The van der Waals surface area contributed by atoms with Gasteiger partial charge in [-0.25, -0.2) is 4.98 Å². The van der Waals surface area contributed by atoms with Crippen molar-refractivity contribution in [2.45, 2.75) is 19.1 Å². The lowest BCUT2D eigenvalue weighted by Gasteiger charge is -2.32. The van der Waals surface area contributed by atoms with E-state index >= 15 is 0 Å². The molecule has 5 nitrogen and oxygen atoms in total. The Morgan fingerprint density at radius 3 is 2.72 bits per heavy atom. The number of imidazole rings is 1. The van der Waals surface area contributed by atoms with Gasteiger partial charge >= 0.3 is 6.18 Å². The van der Waals surface area contributed by atoms with Crippen molar-refractivity contribution in [1.29, 1.82) is 0 Å². The van der Waals surface area contributed by atoms with E-state index in [1.165, 1.54) is 11.0 Å². The van der Waals surface area contributed by atoms with Crippen LogP contribution in [-0.4, -0.2) is 26.4 Å². The Labute approximate surface area is 167 Å². The number of thiophene rings is 1. The van der Waals surface area contributed by atoms with Crippen LogP contribution in [0.4, 0.5) is 18.2 Å². The summed E-state index contributed by atoms with van der Waals surface area (Å²) >= 11 is 0.593. The minimum Gasteiger partial charge on any atom is -0.338 e. The molecule has 0 bridgehead atoms. The molecule has 1 aliphatic rings. The molecular formula is C20H15F3N4OS. The molecule has 29 heavy (non-hydrogen) atoms. The first kappa shape index (κ1) is 18.0. The van der Waals surface area contributed by atoms with Gasteiger partial charge in [0.05, 0.1) is 5.00 Å². The summed E-state index contributed by atoms with van der Waals surface area (Å²) in [7, 11) is 0. The van der Waals surface area contributed by atoms with Crippen molar-refractivity contribution in [1.82, 2.24) is 14.0 Å². The fourth-order valence-corrected chi connectivity index (χ4v) is 4.61. The molecular weight excluding hydrogens is 401 g/mol. The number of hydrogen-bond donors (Lipinski definition) is 0. The summed E-state index contributed by atoms with van der Waals surface area (Å²) in [5.74, 6) is -0.301. The highest BCUT2D eigenvalue weighted by Crippen LogP contribution is 2.41. The molecule has 0 saturated heterocycles. The van der Waals surface area contributed by atoms with E-state index in [2.05, 4.69) is 4.98 Å². The monoisotopic (exact) mass is 416 g/mol. The first-order chi connectivity index (χ1) is 13.8. The second kappa shape index (κ2) is 6.21. The first-order valence-corrected chi connectivity index (χ1v) is 9.77. The van der Waals surface area contributed by atoms with Gasteiger partial charge in [-0.1, -0.05) is 0 Å². The maximum atomic E-state index is 13.3. The first-order valence-electron chi connectivity index (χ1n) is 8.96. The van der Waals surface area contributed by atoms with Crippen LogP contribution in [0.1, 0.15) is 28.3 Å². The molecule has 4 aromatic rings. The standard InChI is InChI=1S/C20H15F3N4OS/c1-12-10-27(17-5-3-15(29-17)20(21,22)23)19(28)18-14(6-8-26(12)18)13-2-4-16-24-7-9-25(16)11-13/h2-9,11-12H,10H2,1H3/t12-/m0/s1.